The number of rotatable bonds is 11. The molecule has 0 radical (unpaired) electrons. The van der Waals surface area contributed by atoms with E-state index in [0.29, 0.717) is 24.1 Å². The van der Waals surface area contributed by atoms with Crippen molar-refractivity contribution in [2.24, 2.45) is 0 Å². The van der Waals surface area contributed by atoms with Crippen molar-refractivity contribution in [2.75, 3.05) is 6.16 Å². The second-order valence-electron chi connectivity index (χ2n) is 7.38. The molecule has 1 aliphatic rings. The third kappa shape index (κ3) is 8.69. The van der Waals surface area contributed by atoms with E-state index >= 15 is 0 Å². The van der Waals surface area contributed by atoms with Gasteiger partial charge in [-0.1, -0.05) is 75.6 Å². The van der Waals surface area contributed by atoms with Crippen molar-refractivity contribution in [2.45, 2.75) is 57.9 Å². The van der Waals surface area contributed by atoms with Crippen LogP contribution in [0.2, 0.25) is 0 Å². The van der Waals surface area contributed by atoms with Crippen molar-refractivity contribution >= 4 is 19.2 Å². The molecule has 31 heavy (non-hydrogen) atoms. The number of nitrogens with zero attached hydrogens (tertiary/aromatic N) is 3. The standard InChI is InChI=1S/C20H26N3O5P.2K/c24-19-15-11-7-8-12-16(15)20(25)18-17(19)21-22-23(18)13-9-5-3-1-2-4-6-10-14-29(26,27)28;;/h7-8,11-12H,1-6,9-10,13-14H2,(H2,26,27,28);;/q;2*+1/p-2. The van der Waals surface area contributed by atoms with E-state index < -0.39 is 7.60 Å². The normalized spacial score (nSPS) is 12.6. The first-order valence-corrected chi connectivity index (χ1v) is 11.7. The van der Waals surface area contributed by atoms with Gasteiger partial charge in [-0.2, -0.15) is 0 Å². The molecule has 0 bridgehead atoms. The van der Waals surface area contributed by atoms with E-state index in [2.05, 4.69) is 10.3 Å². The van der Waals surface area contributed by atoms with Crippen LogP contribution in [0.15, 0.2) is 24.3 Å². The SMILES string of the molecule is O=C1c2ccccc2C(=O)c2c1nnn2CCCCCCCCCCP(=O)([O-])[O-].[K+].[K+]. The van der Waals surface area contributed by atoms with E-state index in [1.807, 2.05) is 0 Å². The number of benzene rings is 1. The van der Waals surface area contributed by atoms with Gasteiger partial charge < -0.3 is 14.4 Å². The molecule has 0 spiro atoms. The summed E-state index contributed by atoms with van der Waals surface area (Å²) in [5.41, 5.74) is 1.20. The van der Waals surface area contributed by atoms with Crippen molar-refractivity contribution in [3.8, 4) is 0 Å². The van der Waals surface area contributed by atoms with E-state index in [0.717, 1.165) is 44.9 Å². The van der Waals surface area contributed by atoms with Gasteiger partial charge in [0, 0.05) is 17.7 Å². The first-order chi connectivity index (χ1) is 13.9. The van der Waals surface area contributed by atoms with Crippen LogP contribution in [0.5, 0.6) is 0 Å². The third-order valence-electron chi connectivity index (χ3n) is 5.13. The molecule has 0 amide bonds. The predicted octanol–water partition coefficient (Wildman–Crippen LogP) is -3.90. The second-order valence-corrected chi connectivity index (χ2v) is 9.05. The summed E-state index contributed by atoms with van der Waals surface area (Å²) in [5.74, 6) is -0.465. The van der Waals surface area contributed by atoms with Crippen LogP contribution in [0.25, 0.3) is 0 Å². The van der Waals surface area contributed by atoms with Crippen molar-refractivity contribution in [1.29, 1.82) is 0 Å². The van der Waals surface area contributed by atoms with Gasteiger partial charge in [-0.3, -0.25) is 9.59 Å². The third-order valence-corrected chi connectivity index (χ3v) is 6.00. The Morgan fingerprint density at radius 2 is 1.32 bits per heavy atom. The summed E-state index contributed by atoms with van der Waals surface area (Å²) in [4.78, 5) is 46.4. The fourth-order valence-corrected chi connectivity index (χ4v) is 4.22. The van der Waals surface area contributed by atoms with Gasteiger partial charge in [0.15, 0.2) is 5.69 Å². The smallest absolute Gasteiger partial charge is 0.811 e. The molecule has 2 aromatic rings. The number of aryl methyl sites for hydroxylation is 1. The van der Waals surface area contributed by atoms with Gasteiger partial charge in [0.2, 0.25) is 11.6 Å². The Labute approximate surface area is 267 Å². The molecule has 11 heteroatoms. The average molecular weight is 496 g/mol. The molecule has 156 valence electrons. The minimum Gasteiger partial charge on any atom is -0.811 e. The minimum atomic E-state index is -4.35. The van der Waals surface area contributed by atoms with E-state index in [1.165, 1.54) is 4.68 Å². The van der Waals surface area contributed by atoms with Crippen LogP contribution in [-0.2, 0) is 11.1 Å². The number of hydrogen-bond donors (Lipinski definition) is 0. The predicted molar refractivity (Wildman–Crippen MR) is 103 cm³/mol. The summed E-state index contributed by atoms with van der Waals surface area (Å²) in [6, 6.07) is 6.76. The molecule has 0 aliphatic heterocycles. The first-order valence-electron chi connectivity index (χ1n) is 10.0. The number of aromatic nitrogens is 3. The first kappa shape index (κ1) is 30.2. The van der Waals surface area contributed by atoms with Gasteiger partial charge in [0.1, 0.15) is 5.69 Å². The van der Waals surface area contributed by atoms with Crippen molar-refractivity contribution in [3.63, 3.8) is 0 Å². The summed E-state index contributed by atoms with van der Waals surface area (Å²) in [6.07, 6.45) is 6.73. The molecule has 0 fully saturated rings. The molecule has 0 atom stereocenters. The maximum Gasteiger partial charge on any atom is 1.00 e. The summed E-state index contributed by atoms with van der Waals surface area (Å²) >= 11 is 0. The summed E-state index contributed by atoms with van der Waals surface area (Å²) < 4.78 is 12.1. The molecular formula is C20H24K2N3O5P. The average Bonchev–Trinajstić information content (AvgIpc) is 3.11. The molecule has 0 N–H and O–H groups in total. The van der Waals surface area contributed by atoms with Gasteiger partial charge in [-0.15, -0.1) is 5.10 Å². The van der Waals surface area contributed by atoms with Crippen LogP contribution in [0, 0.1) is 0 Å². The van der Waals surface area contributed by atoms with Crippen molar-refractivity contribution < 1.29 is 127 Å². The van der Waals surface area contributed by atoms with Gasteiger partial charge in [-0.25, -0.2) is 4.68 Å². The van der Waals surface area contributed by atoms with Gasteiger partial charge in [-0.05, 0) is 19.0 Å². The number of ketones is 2. The Kier molecular flexibility index (Phi) is 14.1. The zero-order valence-electron chi connectivity index (χ0n) is 18.2. The molecule has 1 heterocycles. The Morgan fingerprint density at radius 3 is 1.90 bits per heavy atom. The quantitative estimate of drug-likeness (QED) is 0.151. The molecule has 1 aromatic heterocycles. The largest absolute Gasteiger partial charge is 1.00 e. The Hall–Kier alpha value is 1.12. The van der Waals surface area contributed by atoms with Crippen LogP contribution in [0.1, 0.15) is 83.5 Å². The molecule has 8 nitrogen and oxygen atoms in total. The van der Waals surface area contributed by atoms with E-state index in [-0.39, 0.29) is 132 Å². The maximum atomic E-state index is 12.7. The van der Waals surface area contributed by atoms with E-state index in [9.17, 15) is 23.9 Å². The fraction of sp³-hybridized carbons (Fsp3) is 0.500. The van der Waals surface area contributed by atoms with Crippen LogP contribution < -0.4 is 113 Å². The Balaban J connectivity index is 0.00000240. The summed E-state index contributed by atoms with van der Waals surface area (Å²) in [7, 11) is -4.35. The van der Waals surface area contributed by atoms with Crippen LogP contribution in [0.4, 0.5) is 0 Å². The van der Waals surface area contributed by atoms with E-state index in [1.54, 1.807) is 24.3 Å². The molecule has 1 aliphatic carbocycles. The summed E-state index contributed by atoms with van der Waals surface area (Å²) in [5, 5.41) is 7.96. The fourth-order valence-electron chi connectivity index (χ4n) is 3.61. The van der Waals surface area contributed by atoms with Gasteiger partial charge >= 0.3 is 103 Å². The Bertz CT molecular complexity index is 945. The molecule has 1 aromatic carbocycles. The van der Waals surface area contributed by atoms with Crippen LogP contribution in [-0.4, -0.2) is 32.7 Å². The van der Waals surface area contributed by atoms with Gasteiger partial charge in [0.25, 0.3) is 0 Å². The number of carbonyl (C=O) groups excluding carboxylic acids is 2. The topological polar surface area (TPSA) is 128 Å². The molecule has 3 rings (SSSR count). The molecular weight excluding hydrogens is 471 g/mol. The van der Waals surface area contributed by atoms with E-state index in [4.69, 9.17) is 0 Å². The second kappa shape index (κ2) is 14.5. The summed E-state index contributed by atoms with van der Waals surface area (Å²) in [6.45, 7) is 0.534. The zero-order valence-corrected chi connectivity index (χ0v) is 25.4. The zero-order chi connectivity index (χ0) is 20.9. The maximum absolute atomic E-state index is 12.7. The number of hydrogen-bond acceptors (Lipinski definition) is 7. The number of unbranched alkanes of at least 4 members (excludes halogenated alkanes) is 7. The number of carbonyl (C=O) groups is 2. The van der Waals surface area contributed by atoms with Crippen molar-refractivity contribution in [1.82, 2.24) is 15.0 Å². The molecule has 0 unspecified atom stereocenters. The molecule has 0 saturated carbocycles. The number of fused-ring (bicyclic) bond motifs is 2. The Morgan fingerprint density at radius 1 is 0.806 bits per heavy atom. The van der Waals surface area contributed by atoms with Crippen molar-refractivity contribution in [3.05, 3.63) is 46.8 Å². The monoisotopic (exact) mass is 495 g/mol. The van der Waals surface area contributed by atoms with Gasteiger partial charge in [0.05, 0.1) is 0 Å². The minimum absolute atomic E-state index is 0. The van der Waals surface area contributed by atoms with Crippen LogP contribution in [0.3, 0.4) is 0 Å². The van der Waals surface area contributed by atoms with Crippen LogP contribution >= 0.6 is 7.60 Å². The molecule has 0 saturated heterocycles.